The van der Waals surface area contributed by atoms with E-state index in [0.717, 1.165) is 17.6 Å². The van der Waals surface area contributed by atoms with Crippen LogP contribution in [0.2, 0.25) is 0 Å². The first-order valence-corrected chi connectivity index (χ1v) is 8.95. The second kappa shape index (κ2) is 7.97. The molecule has 3 rings (SSSR count). The van der Waals surface area contributed by atoms with E-state index in [9.17, 15) is 4.79 Å². The Morgan fingerprint density at radius 1 is 1.04 bits per heavy atom. The van der Waals surface area contributed by atoms with Crippen molar-refractivity contribution in [2.24, 2.45) is 0 Å². The second-order valence-corrected chi connectivity index (χ2v) is 6.52. The van der Waals surface area contributed by atoms with Crippen LogP contribution in [0.15, 0.2) is 53.3 Å². The van der Waals surface area contributed by atoms with Crippen LogP contribution in [0.25, 0.3) is 10.8 Å². The number of nitrogens with zero attached hydrogens (tertiary/aromatic N) is 2. The number of hydrogen-bond donors (Lipinski definition) is 1. The lowest BCUT2D eigenvalue weighted by atomic mass is 10.0. The van der Waals surface area contributed by atoms with Gasteiger partial charge in [-0.2, -0.15) is 5.10 Å². The van der Waals surface area contributed by atoms with Crippen LogP contribution in [-0.4, -0.2) is 23.8 Å². The Morgan fingerprint density at radius 3 is 2.64 bits per heavy atom. The monoisotopic (exact) mass is 335 g/mol. The van der Waals surface area contributed by atoms with E-state index in [4.69, 9.17) is 0 Å². The van der Waals surface area contributed by atoms with Crippen molar-refractivity contribution in [2.45, 2.75) is 32.6 Å². The summed E-state index contributed by atoms with van der Waals surface area (Å²) < 4.78 is 0. The Balaban J connectivity index is 1.83. The highest BCUT2D eigenvalue weighted by molar-refractivity contribution is 5.83. The third-order valence-electron chi connectivity index (χ3n) is 4.59. The summed E-state index contributed by atoms with van der Waals surface area (Å²) in [6, 6.07) is 16.2. The standard InChI is InChI=1S/C21H25N3O/c1-3-4-7-13-24(2)17-10-8-9-16(14-17)15-20-18-11-5-6-12-19(18)21(25)23-22-20/h5-6,8-12,14H,3-4,7,13,15H2,1-2H3,(H,23,25). The zero-order chi connectivity index (χ0) is 17.6. The largest absolute Gasteiger partial charge is 0.375 e. The van der Waals surface area contributed by atoms with Crippen molar-refractivity contribution in [3.8, 4) is 0 Å². The maximum atomic E-state index is 11.9. The summed E-state index contributed by atoms with van der Waals surface area (Å²) >= 11 is 0. The number of aromatic amines is 1. The summed E-state index contributed by atoms with van der Waals surface area (Å²) in [5.74, 6) is 0. The van der Waals surface area contributed by atoms with Gasteiger partial charge in [0.25, 0.3) is 5.56 Å². The van der Waals surface area contributed by atoms with E-state index in [0.29, 0.717) is 11.8 Å². The van der Waals surface area contributed by atoms with Crippen LogP contribution >= 0.6 is 0 Å². The highest BCUT2D eigenvalue weighted by Crippen LogP contribution is 2.20. The van der Waals surface area contributed by atoms with Crippen LogP contribution < -0.4 is 10.5 Å². The van der Waals surface area contributed by atoms with Gasteiger partial charge >= 0.3 is 0 Å². The molecule has 0 aliphatic heterocycles. The minimum absolute atomic E-state index is 0.135. The van der Waals surface area contributed by atoms with Crippen LogP contribution in [0.5, 0.6) is 0 Å². The molecule has 0 spiro atoms. The van der Waals surface area contributed by atoms with Gasteiger partial charge in [0.05, 0.1) is 11.1 Å². The van der Waals surface area contributed by atoms with Gasteiger partial charge in [-0.15, -0.1) is 0 Å². The zero-order valence-electron chi connectivity index (χ0n) is 15.0. The molecule has 1 heterocycles. The van der Waals surface area contributed by atoms with Gasteiger partial charge in [-0.25, -0.2) is 5.10 Å². The third kappa shape index (κ3) is 4.08. The number of unbranched alkanes of at least 4 members (excludes halogenated alkanes) is 2. The molecule has 25 heavy (non-hydrogen) atoms. The summed E-state index contributed by atoms with van der Waals surface area (Å²) in [5, 5.41) is 8.52. The first kappa shape index (κ1) is 17.2. The number of hydrogen-bond acceptors (Lipinski definition) is 3. The van der Waals surface area contributed by atoms with Crippen molar-refractivity contribution in [1.29, 1.82) is 0 Å². The molecule has 0 saturated heterocycles. The predicted octanol–water partition coefficient (Wildman–Crippen LogP) is 4.14. The summed E-state index contributed by atoms with van der Waals surface area (Å²) in [6.45, 7) is 3.29. The molecule has 0 unspecified atom stereocenters. The Kier molecular flexibility index (Phi) is 5.49. The zero-order valence-corrected chi connectivity index (χ0v) is 15.0. The third-order valence-corrected chi connectivity index (χ3v) is 4.59. The molecule has 1 aromatic heterocycles. The van der Waals surface area contributed by atoms with E-state index in [1.165, 1.54) is 30.5 Å². The van der Waals surface area contributed by atoms with E-state index in [2.05, 4.69) is 53.3 Å². The highest BCUT2D eigenvalue weighted by Gasteiger charge is 2.08. The first-order chi connectivity index (χ1) is 12.2. The molecule has 4 nitrogen and oxygen atoms in total. The summed E-state index contributed by atoms with van der Waals surface area (Å²) in [7, 11) is 2.14. The van der Waals surface area contributed by atoms with Gasteiger partial charge in [0.15, 0.2) is 0 Å². The quantitative estimate of drug-likeness (QED) is 0.660. The number of rotatable bonds is 7. The molecule has 0 radical (unpaired) electrons. The van der Waals surface area contributed by atoms with E-state index in [1.807, 2.05) is 24.3 Å². The minimum Gasteiger partial charge on any atom is -0.375 e. The number of fused-ring (bicyclic) bond motifs is 1. The van der Waals surface area contributed by atoms with Crippen molar-refractivity contribution < 1.29 is 0 Å². The van der Waals surface area contributed by atoms with Crippen LogP contribution in [-0.2, 0) is 6.42 Å². The molecular formula is C21H25N3O. The normalized spacial score (nSPS) is 11.0. The van der Waals surface area contributed by atoms with Gasteiger partial charge in [0.2, 0.25) is 0 Å². The molecule has 0 fully saturated rings. The van der Waals surface area contributed by atoms with Gasteiger partial charge in [0, 0.05) is 31.1 Å². The SMILES string of the molecule is CCCCCN(C)c1cccc(Cc2n[nH]c(=O)c3ccccc23)c1. The Labute approximate surface area is 148 Å². The fourth-order valence-corrected chi connectivity index (χ4v) is 3.13. The molecular weight excluding hydrogens is 310 g/mol. The molecule has 0 amide bonds. The van der Waals surface area contributed by atoms with Crippen LogP contribution in [0.4, 0.5) is 5.69 Å². The Bertz CT molecular complexity index is 901. The van der Waals surface area contributed by atoms with Crippen LogP contribution in [0, 0.1) is 0 Å². The van der Waals surface area contributed by atoms with Crippen molar-refractivity contribution in [1.82, 2.24) is 10.2 Å². The lowest BCUT2D eigenvalue weighted by Crippen LogP contribution is -2.18. The average molecular weight is 335 g/mol. The fraction of sp³-hybridized carbons (Fsp3) is 0.333. The van der Waals surface area contributed by atoms with Crippen molar-refractivity contribution in [3.63, 3.8) is 0 Å². The molecule has 0 bridgehead atoms. The number of nitrogens with one attached hydrogen (secondary N) is 1. The molecule has 0 atom stereocenters. The lowest BCUT2D eigenvalue weighted by Gasteiger charge is -2.20. The average Bonchev–Trinajstić information content (AvgIpc) is 2.65. The van der Waals surface area contributed by atoms with Crippen molar-refractivity contribution in [3.05, 3.63) is 70.1 Å². The van der Waals surface area contributed by atoms with Gasteiger partial charge in [0.1, 0.15) is 0 Å². The van der Waals surface area contributed by atoms with E-state index in [-0.39, 0.29) is 5.56 Å². The Hall–Kier alpha value is -2.62. The lowest BCUT2D eigenvalue weighted by molar-refractivity contribution is 0.705. The maximum absolute atomic E-state index is 11.9. The number of benzene rings is 2. The van der Waals surface area contributed by atoms with E-state index < -0.39 is 0 Å². The fourth-order valence-electron chi connectivity index (χ4n) is 3.13. The van der Waals surface area contributed by atoms with E-state index >= 15 is 0 Å². The predicted molar refractivity (Wildman–Crippen MR) is 104 cm³/mol. The molecule has 0 aliphatic rings. The molecule has 3 aromatic rings. The van der Waals surface area contributed by atoms with Crippen LogP contribution in [0.3, 0.4) is 0 Å². The number of aromatic nitrogens is 2. The molecule has 130 valence electrons. The summed E-state index contributed by atoms with van der Waals surface area (Å²) in [6.07, 6.45) is 4.41. The highest BCUT2D eigenvalue weighted by atomic mass is 16.1. The second-order valence-electron chi connectivity index (χ2n) is 6.52. The molecule has 4 heteroatoms. The molecule has 0 aliphatic carbocycles. The topological polar surface area (TPSA) is 49.0 Å². The van der Waals surface area contributed by atoms with E-state index in [1.54, 1.807) is 0 Å². The molecule has 0 saturated carbocycles. The molecule has 2 aromatic carbocycles. The Morgan fingerprint density at radius 2 is 1.84 bits per heavy atom. The van der Waals surface area contributed by atoms with Gasteiger partial charge in [-0.3, -0.25) is 4.79 Å². The van der Waals surface area contributed by atoms with Crippen molar-refractivity contribution >= 4 is 16.5 Å². The number of H-pyrrole nitrogens is 1. The minimum atomic E-state index is -0.135. The van der Waals surface area contributed by atoms with Gasteiger partial charge < -0.3 is 4.90 Å². The van der Waals surface area contributed by atoms with Crippen molar-refractivity contribution in [2.75, 3.05) is 18.5 Å². The molecule has 1 N–H and O–H groups in total. The smallest absolute Gasteiger partial charge is 0.272 e. The summed E-state index contributed by atoms with van der Waals surface area (Å²) in [4.78, 5) is 14.2. The summed E-state index contributed by atoms with van der Waals surface area (Å²) in [5.41, 5.74) is 3.19. The van der Waals surface area contributed by atoms with Crippen LogP contribution in [0.1, 0.15) is 37.4 Å². The first-order valence-electron chi connectivity index (χ1n) is 8.95. The van der Waals surface area contributed by atoms with Gasteiger partial charge in [-0.05, 0) is 30.2 Å². The number of anilines is 1. The maximum Gasteiger partial charge on any atom is 0.272 e. The van der Waals surface area contributed by atoms with Gasteiger partial charge in [-0.1, -0.05) is 50.1 Å².